The van der Waals surface area contributed by atoms with Crippen molar-refractivity contribution in [2.24, 2.45) is 11.7 Å². The van der Waals surface area contributed by atoms with Gasteiger partial charge in [0.05, 0.1) is 17.4 Å². The number of hydrogen-bond donors (Lipinski definition) is 1. The zero-order valence-electron chi connectivity index (χ0n) is 10.5. The first kappa shape index (κ1) is 12.5. The summed E-state index contributed by atoms with van der Waals surface area (Å²) in [4.78, 5) is 4.20. The van der Waals surface area contributed by atoms with E-state index in [1.165, 1.54) is 44.4 Å². The summed E-state index contributed by atoms with van der Waals surface area (Å²) in [5, 5.41) is 0. The van der Waals surface area contributed by atoms with E-state index < -0.39 is 0 Å². The van der Waals surface area contributed by atoms with Crippen LogP contribution in [0.25, 0.3) is 0 Å². The number of rotatable bonds is 3. The Morgan fingerprint density at radius 1 is 1.35 bits per heavy atom. The Morgan fingerprint density at radius 2 is 2.06 bits per heavy atom. The Balaban J connectivity index is 2.25. The van der Waals surface area contributed by atoms with E-state index in [2.05, 4.69) is 11.9 Å². The lowest BCUT2D eigenvalue weighted by molar-refractivity contribution is 0.194. The third-order valence-electron chi connectivity index (χ3n) is 4.12. The molecule has 3 heteroatoms. The van der Waals surface area contributed by atoms with Crippen LogP contribution in [0.3, 0.4) is 0 Å². The zero-order chi connectivity index (χ0) is 12.3. The van der Waals surface area contributed by atoms with E-state index in [9.17, 15) is 4.39 Å². The third-order valence-corrected chi connectivity index (χ3v) is 4.12. The quantitative estimate of drug-likeness (QED) is 0.874. The monoisotopic (exact) mass is 236 g/mol. The van der Waals surface area contributed by atoms with E-state index in [-0.39, 0.29) is 11.4 Å². The number of halogens is 1. The molecule has 94 valence electrons. The Bertz CT molecular complexity index is 357. The maximum Gasteiger partial charge on any atom is 0.141 e. The number of nitrogens with zero attached hydrogens (tertiary/aromatic N) is 1. The van der Waals surface area contributed by atoms with Gasteiger partial charge in [0.1, 0.15) is 5.82 Å². The van der Waals surface area contributed by atoms with Crippen molar-refractivity contribution in [3.05, 3.63) is 29.8 Å². The first-order valence-corrected chi connectivity index (χ1v) is 6.57. The highest BCUT2D eigenvalue weighted by molar-refractivity contribution is 5.17. The van der Waals surface area contributed by atoms with Gasteiger partial charge in [-0.2, -0.15) is 0 Å². The Hall–Kier alpha value is -0.960. The van der Waals surface area contributed by atoms with Gasteiger partial charge in [0.15, 0.2) is 0 Å². The van der Waals surface area contributed by atoms with E-state index in [4.69, 9.17) is 5.73 Å². The minimum Gasteiger partial charge on any atom is -0.320 e. The van der Waals surface area contributed by atoms with E-state index in [0.29, 0.717) is 5.92 Å². The summed E-state index contributed by atoms with van der Waals surface area (Å²) in [5.41, 5.74) is 7.02. The van der Waals surface area contributed by atoms with Crippen LogP contribution >= 0.6 is 0 Å². The second-order valence-electron chi connectivity index (χ2n) is 5.09. The van der Waals surface area contributed by atoms with Crippen molar-refractivity contribution in [2.45, 2.75) is 51.0 Å². The second-order valence-corrected chi connectivity index (χ2v) is 5.09. The van der Waals surface area contributed by atoms with Crippen molar-refractivity contribution >= 4 is 0 Å². The van der Waals surface area contributed by atoms with E-state index in [1.54, 1.807) is 6.07 Å². The van der Waals surface area contributed by atoms with Crippen molar-refractivity contribution < 1.29 is 4.39 Å². The Kier molecular flexibility index (Phi) is 3.77. The van der Waals surface area contributed by atoms with Gasteiger partial charge in [-0.1, -0.05) is 26.2 Å². The molecule has 1 aromatic heterocycles. The van der Waals surface area contributed by atoms with Gasteiger partial charge in [0.2, 0.25) is 0 Å². The molecular formula is C14H21FN2. The molecule has 0 radical (unpaired) electrons. The van der Waals surface area contributed by atoms with Crippen LogP contribution in [0.15, 0.2) is 18.3 Å². The molecular weight excluding hydrogens is 215 g/mol. The summed E-state index contributed by atoms with van der Waals surface area (Å²) in [6, 6.07) is 3.20. The molecule has 1 heterocycles. The van der Waals surface area contributed by atoms with E-state index >= 15 is 0 Å². The maximum absolute atomic E-state index is 12.9. The maximum atomic E-state index is 12.9. The van der Waals surface area contributed by atoms with Gasteiger partial charge in [-0.15, -0.1) is 0 Å². The summed E-state index contributed by atoms with van der Waals surface area (Å²) >= 11 is 0. The van der Waals surface area contributed by atoms with Crippen molar-refractivity contribution in [1.82, 2.24) is 4.98 Å². The van der Waals surface area contributed by atoms with Gasteiger partial charge in [-0.3, -0.25) is 4.98 Å². The number of hydrogen-bond acceptors (Lipinski definition) is 2. The number of nitrogens with two attached hydrogens (primary N) is 1. The largest absolute Gasteiger partial charge is 0.320 e. The molecule has 0 aromatic carbocycles. The molecule has 1 aliphatic carbocycles. The summed E-state index contributed by atoms with van der Waals surface area (Å²) in [6.07, 6.45) is 8.29. The first-order valence-electron chi connectivity index (χ1n) is 6.57. The average Bonchev–Trinajstić information content (AvgIpc) is 2.40. The van der Waals surface area contributed by atoms with Crippen LogP contribution in [0.1, 0.15) is 51.1 Å². The molecule has 2 nitrogen and oxygen atoms in total. The number of aromatic nitrogens is 1. The predicted octanol–water partition coefficient (Wildman–Crippen LogP) is 3.37. The molecule has 2 rings (SSSR count). The van der Waals surface area contributed by atoms with Gasteiger partial charge >= 0.3 is 0 Å². The van der Waals surface area contributed by atoms with Crippen LogP contribution in [0, 0.1) is 11.7 Å². The molecule has 1 unspecified atom stereocenters. The van der Waals surface area contributed by atoms with Crippen molar-refractivity contribution in [2.75, 3.05) is 0 Å². The Morgan fingerprint density at radius 3 is 2.59 bits per heavy atom. The molecule has 0 amide bonds. The molecule has 0 saturated heterocycles. The molecule has 1 aromatic rings. The zero-order valence-corrected chi connectivity index (χ0v) is 10.5. The SMILES string of the molecule is CCC(N)(c1ccc(F)cn1)C1CCCCC1. The topological polar surface area (TPSA) is 38.9 Å². The molecule has 0 bridgehead atoms. The minimum atomic E-state index is -0.381. The molecule has 0 aliphatic heterocycles. The lowest BCUT2D eigenvalue weighted by atomic mass is 9.72. The molecule has 1 fully saturated rings. The second kappa shape index (κ2) is 5.13. The van der Waals surface area contributed by atoms with Crippen molar-refractivity contribution in [3.8, 4) is 0 Å². The van der Waals surface area contributed by atoms with Gasteiger partial charge in [-0.25, -0.2) is 4.39 Å². The Labute approximate surface area is 102 Å². The van der Waals surface area contributed by atoms with Crippen molar-refractivity contribution in [1.29, 1.82) is 0 Å². The van der Waals surface area contributed by atoms with E-state index in [0.717, 1.165) is 12.1 Å². The van der Waals surface area contributed by atoms with E-state index in [1.807, 2.05) is 0 Å². The van der Waals surface area contributed by atoms with Crippen molar-refractivity contribution in [3.63, 3.8) is 0 Å². The van der Waals surface area contributed by atoms with Crippen LogP contribution in [0.5, 0.6) is 0 Å². The molecule has 1 saturated carbocycles. The van der Waals surface area contributed by atoms with Crippen LogP contribution in [0.4, 0.5) is 4.39 Å². The molecule has 2 N–H and O–H groups in total. The fourth-order valence-electron chi connectivity index (χ4n) is 2.95. The number of pyridine rings is 1. The first-order chi connectivity index (χ1) is 8.16. The highest BCUT2D eigenvalue weighted by atomic mass is 19.1. The normalized spacial score (nSPS) is 21.1. The van der Waals surface area contributed by atoms with Crippen LogP contribution in [0.2, 0.25) is 0 Å². The molecule has 1 aliphatic rings. The lowest BCUT2D eigenvalue weighted by Gasteiger charge is -2.38. The fourth-order valence-corrected chi connectivity index (χ4v) is 2.95. The van der Waals surface area contributed by atoms with Gasteiger partial charge < -0.3 is 5.73 Å². The van der Waals surface area contributed by atoms with Crippen LogP contribution < -0.4 is 5.73 Å². The average molecular weight is 236 g/mol. The predicted molar refractivity (Wildman–Crippen MR) is 66.9 cm³/mol. The fraction of sp³-hybridized carbons (Fsp3) is 0.643. The van der Waals surface area contributed by atoms with Gasteiger partial charge in [0, 0.05) is 0 Å². The molecule has 17 heavy (non-hydrogen) atoms. The summed E-state index contributed by atoms with van der Waals surface area (Å²) in [7, 11) is 0. The van der Waals surface area contributed by atoms with Crippen LogP contribution in [-0.2, 0) is 5.54 Å². The van der Waals surface area contributed by atoms with Crippen LogP contribution in [-0.4, -0.2) is 4.98 Å². The highest BCUT2D eigenvalue weighted by Gasteiger charge is 2.36. The minimum absolute atomic E-state index is 0.296. The highest BCUT2D eigenvalue weighted by Crippen LogP contribution is 2.38. The van der Waals surface area contributed by atoms with Gasteiger partial charge in [0.25, 0.3) is 0 Å². The van der Waals surface area contributed by atoms with Gasteiger partial charge in [-0.05, 0) is 37.3 Å². The summed E-state index contributed by atoms with van der Waals surface area (Å²) < 4.78 is 12.9. The molecule has 0 spiro atoms. The molecule has 1 atom stereocenters. The smallest absolute Gasteiger partial charge is 0.141 e. The standard InChI is InChI=1S/C14H21FN2/c1-2-14(16,11-6-4-3-5-7-11)13-9-8-12(15)10-17-13/h8-11H,2-7,16H2,1H3. The third kappa shape index (κ3) is 2.49. The summed E-state index contributed by atoms with van der Waals surface area (Å²) in [6.45, 7) is 2.10. The lowest BCUT2D eigenvalue weighted by Crippen LogP contribution is -2.45. The summed E-state index contributed by atoms with van der Waals surface area (Å²) in [5.74, 6) is 0.190.